The number of ether oxygens (including phenoxy) is 1. The molecule has 0 amide bonds. The van der Waals surface area contributed by atoms with E-state index in [4.69, 9.17) is 5.73 Å². The third-order valence-corrected chi connectivity index (χ3v) is 1.93. The summed E-state index contributed by atoms with van der Waals surface area (Å²) in [4.78, 5) is 10.8. The topological polar surface area (TPSA) is 52.3 Å². The average Bonchev–Trinajstić information content (AvgIpc) is 2.25. The largest absolute Gasteiger partial charge is 0.469 e. The van der Waals surface area contributed by atoms with Gasteiger partial charge in [-0.2, -0.15) is 0 Å². The molecule has 0 heterocycles. The Morgan fingerprint density at radius 1 is 1.44 bits per heavy atom. The van der Waals surface area contributed by atoms with Crippen LogP contribution in [0.2, 0.25) is 0 Å². The van der Waals surface area contributed by atoms with Crippen LogP contribution in [0.4, 0.5) is 14.5 Å². The summed E-state index contributed by atoms with van der Waals surface area (Å²) in [5, 5.41) is 0. The number of esters is 1. The molecule has 0 atom stereocenters. The van der Waals surface area contributed by atoms with Gasteiger partial charge in [-0.15, -0.1) is 0 Å². The highest BCUT2D eigenvalue weighted by atomic mass is 19.1. The SMILES string of the molecule is COC(=O)CC=Cc1cc(N)c(F)cc1F. The second-order valence-corrected chi connectivity index (χ2v) is 3.08. The van der Waals surface area contributed by atoms with Crippen LogP contribution in [0.25, 0.3) is 6.08 Å². The smallest absolute Gasteiger partial charge is 0.309 e. The molecule has 0 aliphatic heterocycles. The zero-order valence-electron chi connectivity index (χ0n) is 8.67. The maximum absolute atomic E-state index is 13.2. The summed E-state index contributed by atoms with van der Waals surface area (Å²) in [6.07, 6.45) is 2.79. The number of rotatable bonds is 3. The van der Waals surface area contributed by atoms with Gasteiger partial charge in [0.25, 0.3) is 0 Å². The maximum Gasteiger partial charge on any atom is 0.309 e. The van der Waals surface area contributed by atoms with E-state index < -0.39 is 17.6 Å². The van der Waals surface area contributed by atoms with Crippen LogP contribution >= 0.6 is 0 Å². The Kier molecular flexibility index (Phi) is 3.99. The van der Waals surface area contributed by atoms with E-state index in [-0.39, 0.29) is 17.7 Å². The van der Waals surface area contributed by atoms with Crippen molar-refractivity contribution < 1.29 is 18.3 Å². The van der Waals surface area contributed by atoms with Crippen LogP contribution in [0.15, 0.2) is 18.2 Å². The molecule has 0 radical (unpaired) electrons. The molecule has 0 bridgehead atoms. The van der Waals surface area contributed by atoms with Gasteiger partial charge in [0.15, 0.2) is 0 Å². The lowest BCUT2D eigenvalue weighted by Gasteiger charge is -2.00. The van der Waals surface area contributed by atoms with Crippen LogP contribution in [0.5, 0.6) is 0 Å². The van der Waals surface area contributed by atoms with E-state index in [1.165, 1.54) is 25.3 Å². The predicted molar refractivity (Wildman–Crippen MR) is 56.4 cm³/mol. The van der Waals surface area contributed by atoms with Gasteiger partial charge in [-0.05, 0) is 6.07 Å². The Balaban J connectivity index is 2.81. The van der Waals surface area contributed by atoms with Crippen molar-refractivity contribution in [2.75, 3.05) is 12.8 Å². The Morgan fingerprint density at radius 2 is 2.12 bits per heavy atom. The minimum Gasteiger partial charge on any atom is -0.469 e. The molecule has 0 saturated heterocycles. The number of hydrogen-bond acceptors (Lipinski definition) is 3. The van der Waals surface area contributed by atoms with E-state index in [0.717, 1.165) is 0 Å². The van der Waals surface area contributed by atoms with Gasteiger partial charge in [-0.25, -0.2) is 8.78 Å². The van der Waals surface area contributed by atoms with Crippen LogP contribution in [0.1, 0.15) is 12.0 Å². The van der Waals surface area contributed by atoms with E-state index in [1.807, 2.05) is 0 Å². The molecule has 86 valence electrons. The quantitative estimate of drug-likeness (QED) is 0.635. The molecular formula is C11H11F2NO2. The summed E-state index contributed by atoms with van der Waals surface area (Å²) in [6.45, 7) is 0. The van der Waals surface area contributed by atoms with Crippen LogP contribution in [0.3, 0.4) is 0 Å². The van der Waals surface area contributed by atoms with Gasteiger partial charge in [0.05, 0.1) is 19.2 Å². The van der Waals surface area contributed by atoms with Gasteiger partial charge >= 0.3 is 5.97 Å². The monoisotopic (exact) mass is 227 g/mol. The van der Waals surface area contributed by atoms with Gasteiger partial charge < -0.3 is 10.5 Å². The predicted octanol–water partition coefficient (Wildman–Crippen LogP) is 2.12. The minimum atomic E-state index is -0.803. The fourth-order valence-corrected chi connectivity index (χ4v) is 1.08. The number of carbonyl (C=O) groups excluding carboxylic acids is 1. The lowest BCUT2D eigenvalue weighted by Crippen LogP contribution is -1.97. The van der Waals surface area contributed by atoms with E-state index in [0.29, 0.717) is 6.07 Å². The normalized spacial score (nSPS) is 10.7. The summed E-state index contributed by atoms with van der Waals surface area (Å²) in [5.74, 6) is -1.97. The van der Waals surface area contributed by atoms with Crippen LogP contribution in [-0.2, 0) is 9.53 Å². The zero-order valence-corrected chi connectivity index (χ0v) is 8.67. The lowest BCUT2D eigenvalue weighted by molar-refractivity contribution is -0.139. The molecule has 0 aliphatic rings. The summed E-state index contributed by atoms with van der Waals surface area (Å²) < 4.78 is 30.4. The molecule has 16 heavy (non-hydrogen) atoms. The molecule has 0 spiro atoms. The van der Waals surface area contributed by atoms with Crippen molar-refractivity contribution in [2.45, 2.75) is 6.42 Å². The molecule has 1 rings (SSSR count). The van der Waals surface area contributed by atoms with Crippen molar-refractivity contribution in [1.82, 2.24) is 0 Å². The highest BCUT2D eigenvalue weighted by molar-refractivity contribution is 5.72. The zero-order chi connectivity index (χ0) is 12.1. The van der Waals surface area contributed by atoms with Crippen LogP contribution in [0, 0.1) is 11.6 Å². The van der Waals surface area contributed by atoms with Gasteiger partial charge in [-0.3, -0.25) is 4.79 Å². The van der Waals surface area contributed by atoms with Gasteiger partial charge in [0, 0.05) is 11.6 Å². The number of carbonyl (C=O) groups is 1. The summed E-state index contributed by atoms with van der Waals surface area (Å²) in [7, 11) is 1.26. The third-order valence-electron chi connectivity index (χ3n) is 1.93. The fourth-order valence-electron chi connectivity index (χ4n) is 1.08. The fraction of sp³-hybridized carbons (Fsp3) is 0.182. The molecule has 0 fully saturated rings. The number of benzene rings is 1. The third kappa shape index (κ3) is 3.05. The molecular weight excluding hydrogens is 216 g/mol. The summed E-state index contributed by atoms with van der Waals surface area (Å²) >= 11 is 0. The highest BCUT2D eigenvalue weighted by Gasteiger charge is 2.05. The molecule has 1 aromatic carbocycles. The summed E-state index contributed by atoms with van der Waals surface area (Å²) in [5.41, 5.74) is 5.27. The average molecular weight is 227 g/mol. The molecule has 0 unspecified atom stereocenters. The first-order valence-electron chi connectivity index (χ1n) is 4.52. The second-order valence-electron chi connectivity index (χ2n) is 3.08. The standard InChI is InChI=1S/C11H11F2NO2/c1-16-11(15)4-2-3-7-5-10(14)9(13)6-8(7)12/h2-3,5-6H,4,14H2,1H3. The van der Waals surface area contributed by atoms with Crippen molar-refractivity contribution in [2.24, 2.45) is 0 Å². The van der Waals surface area contributed by atoms with E-state index in [1.54, 1.807) is 0 Å². The lowest BCUT2D eigenvalue weighted by atomic mass is 10.1. The molecule has 3 nitrogen and oxygen atoms in total. The second kappa shape index (κ2) is 5.25. The Labute approximate surface area is 91.5 Å². The number of anilines is 1. The number of hydrogen-bond donors (Lipinski definition) is 1. The molecule has 5 heteroatoms. The highest BCUT2D eigenvalue weighted by Crippen LogP contribution is 2.17. The molecule has 2 N–H and O–H groups in total. The van der Waals surface area contributed by atoms with Crippen molar-refractivity contribution in [3.05, 3.63) is 35.4 Å². The van der Waals surface area contributed by atoms with E-state index >= 15 is 0 Å². The maximum atomic E-state index is 13.2. The molecule has 0 aliphatic carbocycles. The van der Waals surface area contributed by atoms with Crippen molar-refractivity contribution >= 4 is 17.7 Å². The van der Waals surface area contributed by atoms with E-state index in [2.05, 4.69) is 4.74 Å². The van der Waals surface area contributed by atoms with Crippen molar-refractivity contribution in [1.29, 1.82) is 0 Å². The van der Waals surface area contributed by atoms with Gasteiger partial charge in [0.1, 0.15) is 11.6 Å². The number of nitrogen functional groups attached to an aromatic ring is 1. The molecule has 0 aromatic heterocycles. The van der Waals surface area contributed by atoms with Crippen LogP contribution < -0.4 is 5.73 Å². The molecule has 0 saturated carbocycles. The summed E-state index contributed by atoms with van der Waals surface area (Å²) in [6, 6.07) is 1.87. The van der Waals surface area contributed by atoms with Crippen LogP contribution in [-0.4, -0.2) is 13.1 Å². The number of nitrogens with two attached hydrogens (primary N) is 1. The number of halogens is 2. The first-order chi connectivity index (χ1) is 7.54. The Bertz CT molecular complexity index is 430. The van der Waals surface area contributed by atoms with Crippen molar-refractivity contribution in [3.63, 3.8) is 0 Å². The van der Waals surface area contributed by atoms with Gasteiger partial charge in [0.2, 0.25) is 0 Å². The Hall–Kier alpha value is -1.91. The Morgan fingerprint density at radius 3 is 2.75 bits per heavy atom. The number of methoxy groups -OCH3 is 1. The van der Waals surface area contributed by atoms with E-state index in [9.17, 15) is 13.6 Å². The molecule has 1 aromatic rings. The van der Waals surface area contributed by atoms with Gasteiger partial charge in [-0.1, -0.05) is 12.2 Å². The minimum absolute atomic E-state index is 0.0211. The van der Waals surface area contributed by atoms with Crippen molar-refractivity contribution in [3.8, 4) is 0 Å². The first kappa shape index (κ1) is 12.2. The first-order valence-corrected chi connectivity index (χ1v) is 4.52.